The molecule has 2 aromatic heterocycles. The van der Waals surface area contributed by atoms with Crippen LogP contribution in [0.25, 0.3) is 0 Å². The minimum absolute atomic E-state index is 0.0541. The average Bonchev–Trinajstić information content (AvgIpc) is 3.52. The van der Waals surface area contributed by atoms with E-state index in [-0.39, 0.29) is 22.4 Å². The molecule has 1 N–H and O–H groups in total. The van der Waals surface area contributed by atoms with E-state index in [0.29, 0.717) is 49.7 Å². The predicted octanol–water partition coefficient (Wildman–Crippen LogP) is 5.17. The molecular weight excluding hydrogens is 595 g/mol. The van der Waals surface area contributed by atoms with Crippen LogP contribution in [-0.2, 0) is 24.4 Å². The quantitative estimate of drug-likeness (QED) is 0.432. The van der Waals surface area contributed by atoms with E-state index in [9.17, 15) is 18.0 Å². The maximum atomic E-state index is 14.0. The predicted molar refractivity (Wildman–Crippen MR) is 158 cm³/mol. The van der Waals surface area contributed by atoms with Crippen molar-refractivity contribution in [2.75, 3.05) is 51.8 Å². The van der Waals surface area contributed by atoms with Gasteiger partial charge < -0.3 is 29.2 Å². The van der Waals surface area contributed by atoms with E-state index >= 15 is 0 Å². The molecule has 4 atom stereocenters. The first-order valence-electron chi connectivity index (χ1n) is 15.1. The number of fused-ring (bicyclic) bond motifs is 2. The zero-order chi connectivity index (χ0) is 30.7. The number of amides is 1. The van der Waals surface area contributed by atoms with Gasteiger partial charge in [0.15, 0.2) is 11.5 Å². The van der Waals surface area contributed by atoms with Crippen LogP contribution in [0.1, 0.15) is 56.5 Å². The summed E-state index contributed by atoms with van der Waals surface area (Å²) < 4.78 is 51.9. The number of benzene rings is 1. The largest absolute Gasteiger partial charge is 0.493 e. The standard InChI is InChI=1S/C32H33ClF3N5O3/c1-16-19-14-20-22-12-17-4-5-23(43-3)27-24(17)31(20,6-7-39(22)2)28(44-27)26(19)38-25(16)30(42)41-10-8-40(9-11-41)29-21(33)13-18(15-37-29)32(34,35)36/h4-5,13,15,20,22,28,38H,6-12,14H2,1-3H3/t20?,22-,28-,31-/m0/s1. The van der Waals surface area contributed by atoms with Gasteiger partial charge in [-0.1, -0.05) is 17.7 Å². The zero-order valence-electron chi connectivity index (χ0n) is 24.7. The van der Waals surface area contributed by atoms with Crippen molar-refractivity contribution in [1.82, 2.24) is 19.8 Å². The summed E-state index contributed by atoms with van der Waals surface area (Å²) in [6.45, 7) is 4.62. The van der Waals surface area contributed by atoms with Gasteiger partial charge in [-0.3, -0.25) is 4.79 Å². The van der Waals surface area contributed by atoms with Crippen LogP contribution in [0.5, 0.6) is 11.5 Å². The molecule has 1 unspecified atom stereocenters. The lowest BCUT2D eigenvalue weighted by molar-refractivity contribution is -0.137. The van der Waals surface area contributed by atoms with Gasteiger partial charge in [-0.25, -0.2) is 4.98 Å². The fraction of sp³-hybridized carbons (Fsp3) is 0.500. The topological polar surface area (TPSA) is 73.9 Å². The molecule has 3 aliphatic heterocycles. The Labute approximate surface area is 258 Å². The summed E-state index contributed by atoms with van der Waals surface area (Å²) in [5.74, 6) is 2.18. The summed E-state index contributed by atoms with van der Waals surface area (Å²) in [5.41, 5.74) is 5.30. The first-order chi connectivity index (χ1) is 21.0. The third-order valence-electron chi connectivity index (χ3n) is 10.9. The second-order valence-corrected chi connectivity index (χ2v) is 13.2. The molecule has 2 aliphatic carbocycles. The summed E-state index contributed by atoms with van der Waals surface area (Å²) >= 11 is 6.20. The van der Waals surface area contributed by atoms with E-state index < -0.39 is 11.7 Å². The maximum absolute atomic E-state index is 14.0. The number of methoxy groups -OCH3 is 1. The number of piperidine rings is 1. The number of H-pyrrole nitrogens is 1. The molecule has 1 amide bonds. The van der Waals surface area contributed by atoms with E-state index in [1.165, 1.54) is 16.7 Å². The third-order valence-corrected chi connectivity index (χ3v) is 11.2. The van der Waals surface area contributed by atoms with E-state index in [2.05, 4.69) is 28.0 Å². The number of likely N-dealkylation sites (tertiary alicyclic amines) is 1. The number of aromatic amines is 1. The molecular formula is C32H33ClF3N5O3. The Balaban J connectivity index is 1.09. The Morgan fingerprint density at radius 3 is 2.66 bits per heavy atom. The summed E-state index contributed by atoms with van der Waals surface area (Å²) in [4.78, 5) is 27.7. The van der Waals surface area contributed by atoms with Crippen LogP contribution in [0.15, 0.2) is 24.4 Å². The van der Waals surface area contributed by atoms with E-state index in [1.807, 2.05) is 17.9 Å². The lowest BCUT2D eigenvalue weighted by atomic mass is 9.51. The number of likely N-dealkylation sites (N-methyl/N-ethyl adjacent to an activating group) is 1. The molecule has 0 saturated carbocycles. The average molecular weight is 628 g/mol. The molecule has 8 nitrogen and oxygen atoms in total. The Hall–Kier alpha value is -3.44. The highest BCUT2D eigenvalue weighted by molar-refractivity contribution is 6.33. The van der Waals surface area contributed by atoms with Gasteiger partial charge in [-0.2, -0.15) is 13.2 Å². The Bertz CT molecular complexity index is 1700. The van der Waals surface area contributed by atoms with Crippen LogP contribution in [0.3, 0.4) is 0 Å². The van der Waals surface area contributed by atoms with E-state index in [0.717, 1.165) is 60.8 Å². The highest BCUT2D eigenvalue weighted by Crippen LogP contribution is 2.67. The number of carbonyl (C=O) groups excluding carboxylic acids is 1. The summed E-state index contributed by atoms with van der Waals surface area (Å²) in [6.07, 6.45) is -1.11. The van der Waals surface area contributed by atoms with Gasteiger partial charge in [0.25, 0.3) is 5.91 Å². The molecule has 1 spiro atoms. The van der Waals surface area contributed by atoms with Crippen LogP contribution in [0.4, 0.5) is 19.0 Å². The second kappa shape index (κ2) is 9.53. The van der Waals surface area contributed by atoms with Crippen molar-refractivity contribution >= 4 is 23.3 Å². The summed E-state index contributed by atoms with van der Waals surface area (Å²) in [7, 11) is 3.90. The number of nitrogens with zero attached hydrogens (tertiary/aromatic N) is 4. The number of hydrogen-bond acceptors (Lipinski definition) is 6. The third kappa shape index (κ3) is 3.74. The van der Waals surface area contributed by atoms with Gasteiger partial charge in [0.05, 0.1) is 23.4 Å². The van der Waals surface area contributed by atoms with Crippen LogP contribution < -0.4 is 14.4 Å². The highest BCUT2D eigenvalue weighted by Gasteiger charge is 2.65. The molecule has 8 rings (SSSR count). The van der Waals surface area contributed by atoms with Crippen molar-refractivity contribution in [2.45, 2.75) is 49.9 Å². The fourth-order valence-electron chi connectivity index (χ4n) is 8.75. The van der Waals surface area contributed by atoms with Crippen molar-refractivity contribution in [3.05, 3.63) is 68.6 Å². The molecule has 44 heavy (non-hydrogen) atoms. The zero-order valence-corrected chi connectivity index (χ0v) is 25.5. The van der Waals surface area contributed by atoms with Crippen LogP contribution in [0.2, 0.25) is 5.02 Å². The number of carbonyl (C=O) groups is 1. The maximum Gasteiger partial charge on any atom is 0.417 e. The molecule has 5 aliphatic rings. The molecule has 5 heterocycles. The van der Waals surface area contributed by atoms with Crippen molar-refractivity contribution < 1.29 is 27.4 Å². The smallest absolute Gasteiger partial charge is 0.417 e. The number of pyridine rings is 1. The Morgan fingerprint density at radius 1 is 1.18 bits per heavy atom. The molecule has 12 heteroatoms. The fourth-order valence-corrected chi connectivity index (χ4v) is 9.03. The van der Waals surface area contributed by atoms with E-state index in [4.69, 9.17) is 21.1 Å². The minimum atomic E-state index is -4.51. The first kappa shape index (κ1) is 28.1. The molecule has 2 bridgehead atoms. The Kier molecular flexibility index (Phi) is 6.08. The van der Waals surface area contributed by atoms with Gasteiger partial charge >= 0.3 is 6.18 Å². The van der Waals surface area contributed by atoms with Gasteiger partial charge in [-0.15, -0.1) is 0 Å². The molecule has 0 radical (unpaired) electrons. The van der Waals surface area contributed by atoms with Crippen molar-refractivity contribution in [2.24, 2.45) is 5.92 Å². The summed E-state index contributed by atoms with van der Waals surface area (Å²) in [6, 6.07) is 5.51. The molecule has 2 fully saturated rings. The molecule has 2 saturated heterocycles. The molecule has 1 aromatic carbocycles. The lowest BCUT2D eigenvalue weighted by Crippen LogP contribution is -2.62. The number of piperazine rings is 1. The molecule has 232 valence electrons. The molecule has 3 aromatic rings. The van der Waals surface area contributed by atoms with Crippen molar-refractivity contribution in [3.8, 4) is 11.5 Å². The summed E-state index contributed by atoms with van der Waals surface area (Å²) in [5, 5.41) is -0.0541. The van der Waals surface area contributed by atoms with Crippen molar-refractivity contribution in [3.63, 3.8) is 0 Å². The highest BCUT2D eigenvalue weighted by atomic mass is 35.5. The number of anilines is 1. The minimum Gasteiger partial charge on any atom is -0.493 e. The van der Waals surface area contributed by atoms with Gasteiger partial charge in [-0.05, 0) is 74.5 Å². The number of alkyl halides is 3. The Morgan fingerprint density at radius 2 is 1.95 bits per heavy atom. The van der Waals surface area contributed by atoms with Crippen molar-refractivity contribution in [1.29, 1.82) is 0 Å². The van der Waals surface area contributed by atoms with Crippen LogP contribution in [0, 0.1) is 12.8 Å². The number of hydrogen-bond donors (Lipinski definition) is 1. The first-order valence-corrected chi connectivity index (χ1v) is 15.5. The van der Waals surface area contributed by atoms with Gasteiger partial charge in [0, 0.05) is 49.4 Å². The lowest BCUT2D eigenvalue weighted by Gasteiger charge is -2.57. The number of halogens is 4. The number of rotatable bonds is 3. The van der Waals surface area contributed by atoms with Gasteiger partial charge in [0.2, 0.25) is 0 Å². The SMILES string of the molecule is COc1ccc2c3c1O[C@H]1c4[nH]c(C(=O)N5CCN(c6ncc(C(F)(F)F)cc6Cl)CC5)c(C)c4CC4[C@H](C2)N(C)CC[C@@]341. The second-order valence-electron chi connectivity index (χ2n) is 12.8. The normalized spacial score (nSPS) is 27.1. The monoisotopic (exact) mass is 627 g/mol. The van der Waals surface area contributed by atoms with Gasteiger partial charge in [0.1, 0.15) is 17.6 Å². The number of nitrogens with one attached hydrogen (secondary N) is 1. The van der Waals surface area contributed by atoms with Crippen LogP contribution >= 0.6 is 11.6 Å². The van der Waals surface area contributed by atoms with E-state index in [1.54, 1.807) is 12.0 Å². The van der Waals surface area contributed by atoms with Crippen LogP contribution in [-0.4, -0.2) is 78.6 Å². The number of ether oxygens (including phenoxy) is 2. The number of aromatic nitrogens is 2.